The lowest BCUT2D eigenvalue weighted by molar-refractivity contribution is -0.137. The second-order valence-electron chi connectivity index (χ2n) is 6.29. The van der Waals surface area contributed by atoms with Gasteiger partial charge < -0.3 is 9.51 Å². The maximum absolute atomic E-state index is 13.3. The van der Waals surface area contributed by atoms with E-state index in [-0.39, 0.29) is 18.0 Å². The topological polar surface area (TPSA) is 54.7 Å². The number of aromatic amines is 1. The molecule has 2 heterocycles. The first-order valence-corrected chi connectivity index (χ1v) is 8.58. The summed E-state index contributed by atoms with van der Waals surface area (Å²) in [5, 5.41) is 4.00. The molecule has 8 heteroatoms. The molecule has 4 nitrogen and oxygen atoms in total. The van der Waals surface area contributed by atoms with E-state index in [2.05, 4.69) is 22.0 Å². The van der Waals surface area contributed by atoms with Gasteiger partial charge in [-0.05, 0) is 35.7 Å². The number of nitrogens with zero attached hydrogens (tertiary/aromatic N) is 2. The van der Waals surface area contributed by atoms with Gasteiger partial charge in [-0.2, -0.15) is 13.2 Å². The van der Waals surface area contributed by atoms with Crippen LogP contribution in [-0.2, 0) is 12.6 Å². The fraction of sp³-hybridized carbons (Fsp3) is 0.200. The van der Waals surface area contributed by atoms with Crippen molar-refractivity contribution in [3.05, 3.63) is 59.8 Å². The number of fused-ring (bicyclic) bond motifs is 1. The van der Waals surface area contributed by atoms with Crippen LogP contribution in [-0.4, -0.2) is 15.1 Å². The first-order chi connectivity index (χ1) is 13.0. The van der Waals surface area contributed by atoms with Crippen molar-refractivity contribution in [1.82, 2.24) is 15.1 Å². The Morgan fingerprint density at radius 1 is 1.07 bits per heavy atom. The average molecular weight is 408 g/mol. The van der Waals surface area contributed by atoms with Crippen LogP contribution in [0.1, 0.15) is 24.6 Å². The Hall–Kier alpha value is -2.80. The van der Waals surface area contributed by atoms with Gasteiger partial charge in [-0.15, -0.1) is 12.4 Å². The number of hydrogen-bond acceptors (Lipinski definition) is 3. The maximum Gasteiger partial charge on any atom is 0.417 e. The number of hydrogen-bond donors (Lipinski definition) is 1. The number of imidazole rings is 1. The number of alkyl halides is 3. The molecule has 0 saturated carbocycles. The van der Waals surface area contributed by atoms with Crippen LogP contribution in [0, 0.1) is 0 Å². The van der Waals surface area contributed by atoms with Gasteiger partial charge >= 0.3 is 6.18 Å². The highest BCUT2D eigenvalue weighted by molar-refractivity contribution is 5.85. The lowest BCUT2D eigenvalue weighted by Crippen LogP contribution is -2.06. The Labute approximate surface area is 165 Å². The van der Waals surface area contributed by atoms with E-state index >= 15 is 0 Å². The maximum atomic E-state index is 13.3. The summed E-state index contributed by atoms with van der Waals surface area (Å²) in [6, 6.07) is 12.4. The number of benzene rings is 2. The minimum absolute atomic E-state index is 0. The molecule has 0 radical (unpaired) electrons. The molecule has 0 spiro atoms. The van der Waals surface area contributed by atoms with Crippen LogP contribution in [0.15, 0.2) is 53.1 Å². The highest BCUT2D eigenvalue weighted by Gasteiger charge is 2.33. The molecule has 2 aromatic heterocycles. The van der Waals surface area contributed by atoms with Crippen molar-refractivity contribution in [2.45, 2.75) is 25.9 Å². The predicted molar refractivity (Wildman–Crippen MR) is 103 cm³/mol. The monoisotopic (exact) mass is 407 g/mol. The summed E-state index contributed by atoms with van der Waals surface area (Å²) >= 11 is 0. The van der Waals surface area contributed by atoms with E-state index in [9.17, 15) is 13.2 Å². The summed E-state index contributed by atoms with van der Waals surface area (Å²) in [5.74, 6) is 1.01. The molecule has 4 aromatic rings. The van der Waals surface area contributed by atoms with Crippen molar-refractivity contribution in [1.29, 1.82) is 0 Å². The summed E-state index contributed by atoms with van der Waals surface area (Å²) in [4.78, 5) is 7.56. The minimum Gasteiger partial charge on any atom is -0.353 e. The van der Waals surface area contributed by atoms with E-state index in [0.29, 0.717) is 28.2 Å². The van der Waals surface area contributed by atoms with Crippen LogP contribution in [0.4, 0.5) is 13.2 Å². The molecular weight excluding hydrogens is 391 g/mol. The number of halogens is 4. The highest BCUT2D eigenvalue weighted by atomic mass is 35.5. The summed E-state index contributed by atoms with van der Waals surface area (Å²) in [6.45, 7) is 2.05. The number of nitrogens with one attached hydrogen (secondary N) is 1. The summed E-state index contributed by atoms with van der Waals surface area (Å²) in [6.07, 6.45) is -2.66. The van der Waals surface area contributed by atoms with E-state index in [1.165, 1.54) is 12.1 Å². The third-order valence-corrected chi connectivity index (χ3v) is 4.32. The number of rotatable bonds is 4. The smallest absolute Gasteiger partial charge is 0.353 e. The van der Waals surface area contributed by atoms with E-state index in [1.807, 2.05) is 6.07 Å². The SMILES string of the molecule is CCCc1cc(-c2nc3ccc(-c4ccccc4C(F)(F)F)cc3[nH]2)on1.Cl. The van der Waals surface area contributed by atoms with Crippen molar-refractivity contribution in [3.8, 4) is 22.7 Å². The van der Waals surface area contributed by atoms with Gasteiger partial charge in [-0.25, -0.2) is 4.98 Å². The fourth-order valence-electron chi connectivity index (χ4n) is 3.07. The predicted octanol–water partition coefficient (Wildman–Crippen LogP) is 6.28. The fourth-order valence-corrected chi connectivity index (χ4v) is 3.07. The Kier molecular flexibility index (Phi) is 5.47. The molecule has 0 saturated heterocycles. The zero-order valence-corrected chi connectivity index (χ0v) is 15.7. The quantitative estimate of drug-likeness (QED) is 0.433. The molecule has 2 aromatic carbocycles. The molecule has 0 aliphatic carbocycles. The third kappa shape index (κ3) is 3.75. The normalized spacial score (nSPS) is 11.6. The van der Waals surface area contributed by atoms with Gasteiger partial charge in [0.05, 0.1) is 22.3 Å². The Morgan fingerprint density at radius 2 is 1.86 bits per heavy atom. The van der Waals surface area contributed by atoms with Crippen molar-refractivity contribution in [2.24, 2.45) is 0 Å². The number of H-pyrrole nitrogens is 1. The molecule has 0 atom stereocenters. The first kappa shape index (κ1) is 19.9. The molecule has 4 rings (SSSR count). The lowest BCUT2D eigenvalue weighted by Gasteiger charge is -2.12. The summed E-state index contributed by atoms with van der Waals surface area (Å²) in [7, 11) is 0. The van der Waals surface area contributed by atoms with Crippen molar-refractivity contribution in [3.63, 3.8) is 0 Å². The van der Waals surface area contributed by atoms with E-state index in [4.69, 9.17) is 4.52 Å². The zero-order chi connectivity index (χ0) is 19.0. The van der Waals surface area contributed by atoms with Crippen LogP contribution in [0.25, 0.3) is 33.7 Å². The summed E-state index contributed by atoms with van der Waals surface area (Å²) < 4.78 is 45.2. The third-order valence-electron chi connectivity index (χ3n) is 4.32. The van der Waals surface area contributed by atoms with Crippen LogP contribution in [0.5, 0.6) is 0 Å². The highest BCUT2D eigenvalue weighted by Crippen LogP contribution is 2.37. The van der Waals surface area contributed by atoms with Gasteiger partial charge in [0.15, 0.2) is 5.82 Å². The minimum atomic E-state index is -4.42. The van der Waals surface area contributed by atoms with E-state index in [0.717, 1.165) is 24.6 Å². The van der Waals surface area contributed by atoms with Gasteiger partial charge in [0.1, 0.15) is 0 Å². The zero-order valence-electron chi connectivity index (χ0n) is 14.9. The van der Waals surface area contributed by atoms with E-state index in [1.54, 1.807) is 24.3 Å². The van der Waals surface area contributed by atoms with Crippen molar-refractivity contribution >= 4 is 23.4 Å². The second kappa shape index (κ2) is 7.67. The van der Waals surface area contributed by atoms with Gasteiger partial charge in [0.2, 0.25) is 5.76 Å². The Morgan fingerprint density at radius 3 is 2.61 bits per heavy atom. The molecule has 0 bridgehead atoms. The number of aryl methyl sites for hydroxylation is 1. The molecular formula is C20H17ClF3N3O. The summed E-state index contributed by atoms with van der Waals surface area (Å²) in [5.41, 5.74) is 2.05. The van der Waals surface area contributed by atoms with Crippen molar-refractivity contribution < 1.29 is 17.7 Å². The van der Waals surface area contributed by atoms with Gasteiger partial charge in [0, 0.05) is 6.07 Å². The molecule has 28 heavy (non-hydrogen) atoms. The van der Waals surface area contributed by atoms with Gasteiger partial charge in [0.25, 0.3) is 0 Å². The van der Waals surface area contributed by atoms with Crippen LogP contribution in [0.3, 0.4) is 0 Å². The Balaban J connectivity index is 0.00000225. The Bertz CT molecular complexity index is 1100. The molecule has 0 aliphatic rings. The molecule has 0 aliphatic heterocycles. The lowest BCUT2D eigenvalue weighted by atomic mass is 9.99. The van der Waals surface area contributed by atoms with Crippen LogP contribution in [0.2, 0.25) is 0 Å². The molecule has 0 unspecified atom stereocenters. The van der Waals surface area contributed by atoms with Crippen molar-refractivity contribution in [2.75, 3.05) is 0 Å². The van der Waals surface area contributed by atoms with Crippen LogP contribution < -0.4 is 0 Å². The van der Waals surface area contributed by atoms with Crippen LogP contribution >= 0.6 is 12.4 Å². The number of aromatic nitrogens is 3. The largest absolute Gasteiger partial charge is 0.417 e. The molecule has 146 valence electrons. The molecule has 0 amide bonds. The van der Waals surface area contributed by atoms with Gasteiger partial charge in [-0.1, -0.05) is 42.8 Å². The average Bonchev–Trinajstić information content (AvgIpc) is 3.27. The second-order valence-corrected chi connectivity index (χ2v) is 6.29. The standard InChI is InChI=1S/C20H16F3N3O.ClH/c1-2-5-13-11-18(27-26-13)19-24-16-9-8-12(10-17(16)25-19)14-6-3-4-7-15(14)20(21,22)23;/h3-4,6-11H,2,5H2,1H3,(H,24,25);1H. The molecule has 0 fully saturated rings. The molecule has 1 N–H and O–H groups in total. The van der Waals surface area contributed by atoms with Gasteiger partial charge in [-0.3, -0.25) is 0 Å². The first-order valence-electron chi connectivity index (χ1n) is 8.58. The van der Waals surface area contributed by atoms with E-state index < -0.39 is 11.7 Å².